The molecule has 0 N–H and O–H groups in total. The number of rotatable bonds is 5. The lowest BCUT2D eigenvalue weighted by molar-refractivity contribution is 0.685. The van der Waals surface area contributed by atoms with E-state index in [9.17, 15) is 0 Å². The molecule has 0 saturated heterocycles. The smallest absolute Gasteiger partial charge is 0.00134 e. The highest BCUT2D eigenvalue weighted by atomic mass is 14.2. The summed E-state index contributed by atoms with van der Waals surface area (Å²) in [6.45, 7) is 3.90. The van der Waals surface area contributed by atoms with Crippen LogP contribution in [0.3, 0.4) is 0 Å². The molecule has 0 spiro atoms. The summed E-state index contributed by atoms with van der Waals surface area (Å²) in [5, 5.41) is 0. The van der Waals surface area contributed by atoms with Crippen LogP contribution >= 0.6 is 0 Å². The first-order chi connectivity index (χ1) is 9.38. The Morgan fingerprint density at radius 1 is 0.842 bits per heavy atom. The largest absolute Gasteiger partial charge is 0.0619 e. The summed E-state index contributed by atoms with van der Waals surface area (Å²) < 4.78 is 0. The summed E-state index contributed by atoms with van der Waals surface area (Å²) in [4.78, 5) is 0. The Morgan fingerprint density at radius 2 is 1.68 bits per heavy atom. The van der Waals surface area contributed by atoms with Crippen LogP contribution in [0.5, 0.6) is 0 Å². The van der Waals surface area contributed by atoms with Gasteiger partial charge in [-0.3, -0.25) is 0 Å². The molecule has 2 aromatic rings. The van der Waals surface area contributed by atoms with E-state index >= 15 is 0 Å². The van der Waals surface area contributed by atoms with Crippen molar-refractivity contribution >= 4 is 0 Å². The predicted molar refractivity (Wildman–Crippen MR) is 82.2 cm³/mol. The molecule has 1 radical (unpaired) electrons. The van der Waals surface area contributed by atoms with E-state index in [-0.39, 0.29) is 0 Å². The molecule has 0 aliphatic heterocycles. The van der Waals surface area contributed by atoms with Gasteiger partial charge in [0.1, 0.15) is 0 Å². The third-order valence-electron chi connectivity index (χ3n) is 4.07. The second-order valence-corrected chi connectivity index (χ2v) is 5.49. The molecule has 0 aromatic heterocycles. The first-order valence-corrected chi connectivity index (χ1v) is 7.38. The molecule has 1 aliphatic rings. The third kappa shape index (κ3) is 2.58. The van der Waals surface area contributed by atoms with E-state index in [2.05, 4.69) is 49.4 Å². The summed E-state index contributed by atoms with van der Waals surface area (Å²) in [6.07, 6.45) is 7.25. The molecule has 19 heavy (non-hydrogen) atoms. The SMILES string of the molecule is [CH2]CCCCCc1ccc2c(c1)Cc1ccccc1-2. The monoisotopic (exact) mass is 249 g/mol. The maximum atomic E-state index is 3.90. The van der Waals surface area contributed by atoms with Crippen molar-refractivity contribution in [2.45, 2.75) is 38.5 Å². The molecular formula is C19H21. The molecule has 0 nitrogen and oxygen atoms in total. The minimum Gasteiger partial charge on any atom is -0.0619 e. The molecule has 0 saturated carbocycles. The van der Waals surface area contributed by atoms with Gasteiger partial charge in [0.2, 0.25) is 0 Å². The number of fused-ring (bicyclic) bond motifs is 3. The topological polar surface area (TPSA) is 0 Å². The van der Waals surface area contributed by atoms with Gasteiger partial charge < -0.3 is 0 Å². The lowest BCUT2D eigenvalue weighted by Gasteiger charge is -2.05. The molecule has 2 aromatic carbocycles. The van der Waals surface area contributed by atoms with Crippen molar-refractivity contribution in [3.8, 4) is 11.1 Å². The Hall–Kier alpha value is -1.56. The summed E-state index contributed by atoms with van der Waals surface area (Å²) in [7, 11) is 0. The van der Waals surface area contributed by atoms with E-state index in [1.165, 1.54) is 53.5 Å². The average Bonchev–Trinajstić information content (AvgIpc) is 2.81. The fraction of sp³-hybridized carbons (Fsp3) is 0.316. The van der Waals surface area contributed by atoms with Gasteiger partial charge in [-0.2, -0.15) is 0 Å². The third-order valence-corrected chi connectivity index (χ3v) is 4.07. The molecule has 3 rings (SSSR count). The zero-order chi connectivity index (χ0) is 13.1. The number of unbranched alkanes of at least 4 members (excludes halogenated alkanes) is 3. The van der Waals surface area contributed by atoms with Crippen LogP contribution in [-0.4, -0.2) is 0 Å². The second kappa shape index (κ2) is 5.61. The van der Waals surface area contributed by atoms with Gasteiger partial charge in [-0.05, 0) is 47.1 Å². The van der Waals surface area contributed by atoms with Crippen molar-refractivity contribution in [1.29, 1.82) is 0 Å². The van der Waals surface area contributed by atoms with Gasteiger partial charge in [0.15, 0.2) is 0 Å². The first-order valence-electron chi connectivity index (χ1n) is 7.38. The highest BCUT2D eigenvalue weighted by Crippen LogP contribution is 2.36. The number of benzene rings is 2. The molecule has 0 unspecified atom stereocenters. The van der Waals surface area contributed by atoms with Crippen molar-refractivity contribution in [3.05, 3.63) is 66.1 Å². The van der Waals surface area contributed by atoms with E-state index in [1.54, 1.807) is 0 Å². The summed E-state index contributed by atoms with van der Waals surface area (Å²) in [5.74, 6) is 0. The van der Waals surface area contributed by atoms with Gasteiger partial charge >= 0.3 is 0 Å². The second-order valence-electron chi connectivity index (χ2n) is 5.49. The zero-order valence-corrected chi connectivity index (χ0v) is 11.5. The van der Waals surface area contributed by atoms with Crippen molar-refractivity contribution < 1.29 is 0 Å². The van der Waals surface area contributed by atoms with Gasteiger partial charge in [0.05, 0.1) is 0 Å². The van der Waals surface area contributed by atoms with Gasteiger partial charge in [-0.25, -0.2) is 0 Å². The van der Waals surface area contributed by atoms with Crippen LogP contribution in [0, 0.1) is 6.92 Å². The molecule has 0 heteroatoms. The van der Waals surface area contributed by atoms with Gasteiger partial charge in [0.25, 0.3) is 0 Å². The van der Waals surface area contributed by atoms with Crippen LogP contribution < -0.4 is 0 Å². The van der Waals surface area contributed by atoms with Gasteiger partial charge in [0, 0.05) is 0 Å². The highest BCUT2D eigenvalue weighted by Gasteiger charge is 2.17. The van der Waals surface area contributed by atoms with Gasteiger partial charge in [-0.1, -0.05) is 68.7 Å². The summed E-state index contributed by atoms with van der Waals surface area (Å²) >= 11 is 0. The van der Waals surface area contributed by atoms with Crippen molar-refractivity contribution in [3.63, 3.8) is 0 Å². The van der Waals surface area contributed by atoms with Crippen LogP contribution in [0.25, 0.3) is 11.1 Å². The molecule has 97 valence electrons. The minimum atomic E-state index is 1.07. The van der Waals surface area contributed by atoms with Crippen molar-refractivity contribution in [2.24, 2.45) is 0 Å². The maximum Gasteiger partial charge on any atom is -0.00134 e. The maximum absolute atomic E-state index is 3.90. The lowest BCUT2D eigenvalue weighted by atomic mass is 10.00. The van der Waals surface area contributed by atoms with Crippen LogP contribution in [-0.2, 0) is 12.8 Å². The van der Waals surface area contributed by atoms with E-state index in [4.69, 9.17) is 0 Å². The predicted octanol–water partition coefficient (Wildman–Crippen LogP) is 5.19. The quantitative estimate of drug-likeness (QED) is 0.545. The lowest BCUT2D eigenvalue weighted by Crippen LogP contribution is -1.89. The first kappa shape index (κ1) is 12.5. The van der Waals surface area contributed by atoms with Crippen LogP contribution in [0.4, 0.5) is 0 Å². The van der Waals surface area contributed by atoms with Gasteiger partial charge in [-0.15, -0.1) is 0 Å². The van der Waals surface area contributed by atoms with Crippen LogP contribution in [0.2, 0.25) is 0 Å². The standard InChI is InChI=1S/C19H21/c1-2-3-4-5-8-15-11-12-19-17(13-15)14-16-9-6-7-10-18(16)19/h6-7,9-13H,1-5,8,14H2. The zero-order valence-electron chi connectivity index (χ0n) is 11.5. The molecule has 0 bridgehead atoms. The molecular weight excluding hydrogens is 228 g/mol. The Morgan fingerprint density at radius 3 is 2.58 bits per heavy atom. The normalized spacial score (nSPS) is 12.3. The molecule has 0 atom stereocenters. The number of hydrogen-bond acceptors (Lipinski definition) is 0. The van der Waals surface area contributed by atoms with Crippen LogP contribution in [0.15, 0.2) is 42.5 Å². The minimum absolute atomic E-state index is 1.07. The highest BCUT2D eigenvalue weighted by molar-refractivity contribution is 5.76. The van der Waals surface area contributed by atoms with E-state index < -0.39 is 0 Å². The Balaban J connectivity index is 1.74. The molecule has 0 amide bonds. The fourth-order valence-corrected chi connectivity index (χ4v) is 3.04. The molecule has 0 heterocycles. The Labute approximate surface area is 116 Å². The molecule has 0 fully saturated rings. The number of hydrogen-bond donors (Lipinski definition) is 0. The van der Waals surface area contributed by atoms with E-state index in [0.29, 0.717) is 0 Å². The summed E-state index contributed by atoms with van der Waals surface area (Å²) in [6, 6.07) is 15.8. The Kier molecular flexibility index (Phi) is 3.68. The van der Waals surface area contributed by atoms with Crippen molar-refractivity contribution in [2.75, 3.05) is 0 Å². The Bertz CT molecular complexity index is 566. The van der Waals surface area contributed by atoms with E-state index in [0.717, 1.165) is 12.8 Å². The summed E-state index contributed by atoms with van der Waals surface area (Å²) in [5.41, 5.74) is 7.36. The van der Waals surface area contributed by atoms with Crippen LogP contribution in [0.1, 0.15) is 42.4 Å². The number of aryl methyl sites for hydroxylation is 1. The molecule has 1 aliphatic carbocycles. The average molecular weight is 249 g/mol. The van der Waals surface area contributed by atoms with E-state index in [1.807, 2.05) is 0 Å². The fourth-order valence-electron chi connectivity index (χ4n) is 3.04. The van der Waals surface area contributed by atoms with Crippen molar-refractivity contribution in [1.82, 2.24) is 0 Å².